The Morgan fingerprint density at radius 3 is 1.20 bits per heavy atom. The fraction of sp³-hybridized carbons (Fsp3) is 0. The van der Waals surface area contributed by atoms with Crippen LogP contribution in [0.2, 0.25) is 0 Å². The van der Waals surface area contributed by atoms with Gasteiger partial charge in [0.1, 0.15) is 0 Å². The average Bonchev–Trinajstić information content (AvgIpc) is 3.29. The van der Waals surface area contributed by atoms with Crippen LogP contribution in [0.25, 0.3) is 101 Å². The van der Waals surface area contributed by atoms with Crippen LogP contribution >= 0.6 is 0 Å². The number of rotatable bonds is 7. The van der Waals surface area contributed by atoms with Crippen LogP contribution in [-0.2, 0) is 0 Å². The van der Waals surface area contributed by atoms with E-state index in [1.807, 2.05) is 60.7 Å². The summed E-state index contributed by atoms with van der Waals surface area (Å²) in [5.41, 5.74) is 12.9. The van der Waals surface area contributed by atoms with E-state index in [0.717, 1.165) is 77.7 Å². The quantitative estimate of drug-likeness (QED) is 0.154. The van der Waals surface area contributed by atoms with Gasteiger partial charge in [0, 0.05) is 38.6 Å². The number of benzene rings is 7. The van der Waals surface area contributed by atoms with Gasteiger partial charge in [-0.3, -0.25) is 0 Å². The fourth-order valence-corrected chi connectivity index (χ4v) is 7.23. The van der Waals surface area contributed by atoms with E-state index < -0.39 is 0 Å². The van der Waals surface area contributed by atoms with E-state index in [-0.39, 0.29) is 0 Å². The molecule has 0 unspecified atom stereocenters. The maximum atomic E-state index is 5.27. The van der Waals surface area contributed by atoms with Gasteiger partial charge < -0.3 is 0 Å². The van der Waals surface area contributed by atoms with Crippen molar-refractivity contribution in [3.05, 3.63) is 200 Å². The minimum Gasteiger partial charge on any atom is -0.245 e. The van der Waals surface area contributed by atoms with Gasteiger partial charge in [-0.2, -0.15) is 0 Å². The molecule has 3 aromatic heterocycles. The lowest BCUT2D eigenvalue weighted by Gasteiger charge is -2.13. The van der Waals surface area contributed by atoms with Crippen molar-refractivity contribution in [3.8, 4) is 78.9 Å². The second kappa shape index (κ2) is 14.3. The van der Waals surface area contributed by atoms with Crippen molar-refractivity contribution in [1.29, 1.82) is 0 Å². The van der Waals surface area contributed by atoms with E-state index in [4.69, 9.17) is 24.9 Å². The molecule has 10 aromatic rings. The van der Waals surface area contributed by atoms with Crippen molar-refractivity contribution in [3.63, 3.8) is 0 Å². The summed E-state index contributed by atoms with van der Waals surface area (Å²) in [4.78, 5) is 25.5. The number of hydrogen-bond acceptors (Lipinski definition) is 5. The highest BCUT2D eigenvalue weighted by Gasteiger charge is 2.16. The molecule has 0 atom stereocenters. The zero-order valence-corrected chi connectivity index (χ0v) is 30.3. The van der Waals surface area contributed by atoms with E-state index in [9.17, 15) is 0 Å². The van der Waals surface area contributed by atoms with Crippen LogP contribution in [0.1, 0.15) is 0 Å². The van der Waals surface area contributed by atoms with Crippen LogP contribution in [0.15, 0.2) is 200 Å². The number of nitrogens with zero attached hydrogens (tertiary/aromatic N) is 5. The molecular weight excluding hydrogens is 683 g/mol. The smallest absolute Gasteiger partial charge is 0.164 e. The SMILES string of the molecule is c1ccc(-c2ccc(-c3nc(-c4ccccc4)nc(-c4ccc(-c5cc(-c6ccccc6)nc6c5ccc5ccc(-c7ccccc7)nc56)cc4)n3)cc2)cc1. The molecule has 0 spiro atoms. The van der Waals surface area contributed by atoms with Gasteiger partial charge in [-0.1, -0.05) is 188 Å². The van der Waals surface area contributed by atoms with Crippen LogP contribution in [0.5, 0.6) is 0 Å². The van der Waals surface area contributed by atoms with Crippen LogP contribution in [-0.4, -0.2) is 24.9 Å². The Bertz CT molecular complexity index is 2970. The molecule has 0 N–H and O–H groups in total. The third-order valence-corrected chi connectivity index (χ3v) is 10.1. The summed E-state index contributed by atoms with van der Waals surface area (Å²) < 4.78 is 0. The molecule has 5 heteroatoms. The standard InChI is InChI=1S/C51H33N5/c1-5-13-34(14-6-1)35-21-25-41(26-22-35)50-54-49(40-19-11-4-12-20-40)55-51(56-50)42-27-23-36(24-28-42)44-33-46(38-17-9-3-10-18-38)53-48-43(44)31-29-39-30-32-45(52-47(39)48)37-15-7-2-8-16-37/h1-33H. The summed E-state index contributed by atoms with van der Waals surface area (Å²) in [6, 6.07) is 68.7. The Morgan fingerprint density at radius 2 is 0.643 bits per heavy atom. The van der Waals surface area contributed by atoms with E-state index in [0.29, 0.717) is 17.5 Å². The number of aromatic nitrogens is 5. The van der Waals surface area contributed by atoms with Crippen molar-refractivity contribution < 1.29 is 0 Å². The third kappa shape index (κ3) is 6.37. The molecule has 0 fully saturated rings. The lowest BCUT2D eigenvalue weighted by molar-refractivity contribution is 1.07. The lowest BCUT2D eigenvalue weighted by Crippen LogP contribution is -2.00. The van der Waals surface area contributed by atoms with Crippen LogP contribution in [0.3, 0.4) is 0 Å². The van der Waals surface area contributed by atoms with Gasteiger partial charge in [-0.05, 0) is 34.4 Å². The highest BCUT2D eigenvalue weighted by Crippen LogP contribution is 2.37. The average molecular weight is 716 g/mol. The first-order valence-corrected chi connectivity index (χ1v) is 18.7. The molecule has 262 valence electrons. The highest BCUT2D eigenvalue weighted by atomic mass is 15.0. The van der Waals surface area contributed by atoms with Gasteiger partial charge in [0.15, 0.2) is 17.5 Å². The van der Waals surface area contributed by atoms with Gasteiger partial charge >= 0.3 is 0 Å². The molecule has 0 amide bonds. The normalized spacial score (nSPS) is 11.2. The summed E-state index contributed by atoms with van der Waals surface area (Å²) in [7, 11) is 0. The predicted octanol–water partition coefficient (Wildman–Crippen LogP) is 12.6. The van der Waals surface area contributed by atoms with Gasteiger partial charge in [0.05, 0.1) is 22.4 Å². The molecule has 5 nitrogen and oxygen atoms in total. The van der Waals surface area contributed by atoms with E-state index in [2.05, 4.69) is 140 Å². The Balaban J connectivity index is 1.09. The molecule has 0 saturated heterocycles. The summed E-state index contributed by atoms with van der Waals surface area (Å²) in [5, 5.41) is 2.08. The number of pyridine rings is 2. The molecule has 3 heterocycles. The first-order valence-electron chi connectivity index (χ1n) is 18.7. The van der Waals surface area contributed by atoms with Crippen molar-refractivity contribution in [2.45, 2.75) is 0 Å². The molecule has 0 radical (unpaired) electrons. The highest BCUT2D eigenvalue weighted by molar-refractivity contribution is 6.09. The second-order valence-electron chi connectivity index (χ2n) is 13.7. The molecule has 0 aliphatic rings. The third-order valence-electron chi connectivity index (χ3n) is 10.1. The minimum atomic E-state index is 0.612. The maximum absolute atomic E-state index is 5.27. The summed E-state index contributed by atoms with van der Waals surface area (Å²) in [6.45, 7) is 0. The first kappa shape index (κ1) is 33.0. The Morgan fingerprint density at radius 1 is 0.250 bits per heavy atom. The summed E-state index contributed by atoms with van der Waals surface area (Å²) in [5.74, 6) is 1.86. The van der Waals surface area contributed by atoms with E-state index >= 15 is 0 Å². The molecule has 10 rings (SSSR count). The fourth-order valence-electron chi connectivity index (χ4n) is 7.23. The van der Waals surface area contributed by atoms with Crippen LogP contribution < -0.4 is 0 Å². The largest absolute Gasteiger partial charge is 0.245 e. The Hall–Kier alpha value is -7.63. The molecule has 0 bridgehead atoms. The van der Waals surface area contributed by atoms with Crippen LogP contribution in [0.4, 0.5) is 0 Å². The predicted molar refractivity (Wildman–Crippen MR) is 228 cm³/mol. The Labute approximate surface area is 324 Å². The molecule has 0 aliphatic carbocycles. The second-order valence-corrected chi connectivity index (χ2v) is 13.7. The van der Waals surface area contributed by atoms with Crippen LogP contribution in [0, 0.1) is 0 Å². The molecule has 56 heavy (non-hydrogen) atoms. The molecule has 0 aliphatic heterocycles. The first-order chi connectivity index (χ1) is 27.7. The molecule has 7 aromatic carbocycles. The van der Waals surface area contributed by atoms with Crippen molar-refractivity contribution in [2.75, 3.05) is 0 Å². The van der Waals surface area contributed by atoms with Gasteiger partial charge in [-0.15, -0.1) is 0 Å². The van der Waals surface area contributed by atoms with Crippen molar-refractivity contribution >= 4 is 21.8 Å². The van der Waals surface area contributed by atoms with E-state index in [1.54, 1.807) is 0 Å². The summed E-state index contributed by atoms with van der Waals surface area (Å²) >= 11 is 0. The van der Waals surface area contributed by atoms with Gasteiger partial charge in [0.25, 0.3) is 0 Å². The maximum Gasteiger partial charge on any atom is 0.164 e. The van der Waals surface area contributed by atoms with Crippen molar-refractivity contribution in [2.24, 2.45) is 0 Å². The monoisotopic (exact) mass is 715 g/mol. The van der Waals surface area contributed by atoms with Crippen molar-refractivity contribution in [1.82, 2.24) is 24.9 Å². The minimum absolute atomic E-state index is 0.612. The Kier molecular flexibility index (Phi) is 8.43. The molecule has 0 saturated carbocycles. The van der Waals surface area contributed by atoms with Gasteiger partial charge in [0.2, 0.25) is 0 Å². The zero-order valence-electron chi connectivity index (χ0n) is 30.3. The zero-order chi connectivity index (χ0) is 37.3. The van der Waals surface area contributed by atoms with E-state index in [1.165, 1.54) is 5.56 Å². The van der Waals surface area contributed by atoms with Gasteiger partial charge in [-0.25, -0.2) is 24.9 Å². The topological polar surface area (TPSA) is 64.5 Å². The summed E-state index contributed by atoms with van der Waals surface area (Å²) in [6.07, 6.45) is 0. The number of fused-ring (bicyclic) bond motifs is 3. The lowest BCUT2D eigenvalue weighted by atomic mass is 9.96. The number of hydrogen-bond donors (Lipinski definition) is 0. The molecular formula is C51H33N5.